The Morgan fingerprint density at radius 3 is 2.39 bits per heavy atom. The third-order valence-corrected chi connectivity index (χ3v) is 4.49. The van der Waals surface area contributed by atoms with E-state index in [-0.39, 0.29) is 5.41 Å². The minimum atomic E-state index is -1.06. The maximum Gasteiger partial charge on any atom is 0.123 e. The molecule has 0 spiro atoms. The quantitative estimate of drug-likeness (QED) is 0.803. The second-order valence-electron chi connectivity index (χ2n) is 5.66. The van der Waals surface area contributed by atoms with Crippen molar-refractivity contribution in [2.45, 2.75) is 63.5 Å². The minimum Gasteiger partial charge on any atom is -0.375 e. The number of benzene rings is 1. The van der Waals surface area contributed by atoms with Crippen LogP contribution in [0, 0.1) is 0 Å². The monoisotopic (exact) mass is 247 g/mol. The van der Waals surface area contributed by atoms with Crippen molar-refractivity contribution in [3.05, 3.63) is 35.4 Å². The molecule has 0 bridgehead atoms. The topological polar surface area (TPSA) is 46.2 Å². The van der Waals surface area contributed by atoms with Crippen LogP contribution in [0.5, 0.6) is 0 Å². The normalized spacial score (nSPS) is 25.8. The molecule has 2 heteroatoms. The fraction of sp³-hybridized carbons (Fsp3) is 0.625. The number of nitrogens with two attached hydrogens (primary N) is 1. The van der Waals surface area contributed by atoms with Gasteiger partial charge in [-0.25, -0.2) is 0 Å². The Morgan fingerprint density at radius 2 is 1.78 bits per heavy atom. The van der Waals surface area contributed by atoms with E-state index in [1.54, 1.807) is 0 Å². The van der Waals surface area contributed by atoms with Crippen LogP contribution in [0.2, 0.25) is 0 Å². The van der Waals surface area contributed by atoms with Gasteiger partial charge in [0.2, 0.25) is 0 Å². The molecule has 100 valence electrons. The molecule has 2 rings (SSSR count). The summed E-state index contributed by atoms with van der Waals surface area (Å²) >= 11 is 0. The predicted octanol–water partition coefficient (Wildman–Crippen LogP) is 3.12. The largest absolute Gasteiger partial charge is 0.375 e. The van der Waals surface area contributed by atoms with Gasteiger partial charge in [0.15, 0.2) is 0 Å². The summed E-state index contributed by atoms with van der Waals surface area (Å²) in [5.41, 5.74) is 7.63. The molecule has 0 radical (unpaired) electrons. The molecule has 0 aliphatic heterocycles. The van der Waals surface area contributed by atoms with E-state index < -0.39 is 5.72 Å². The molecule has 1 aromatic carbocycles. The summed E-state index contributed by atoms with van der Waals surface area (Å²) in [5.74, 6) is 0. The van der Waals surface area contributed by atoms with Crippen LogP contribution in [-0.2, 0) is 11.8 Å². The fourth-order valence-electron chi connectivity index (χ4n) is 3.68. The molecule has 0 amide bonds. The van der Waals surface area contributed by atoms with Crippen LogP contribution >= 0.6 is 0 Å². The standard InChI is InChI=1S/C16H25NO/c1-3-10-15(11-4-2)14-8-6-5-7-13(14)9-12-16(15,17)18/h5-8,18H,3-4,9-12,17H2,1-2H3. The molecular formula is C16H25NO. The van der Waals surface area contributed by atoms with E-state index in [0.717, 1.165) is 32.1 Å². The predicted molar refractivity (Wildman–Crippen MR) is 75.4 cm³/mol. The molecule has 0 fully saturated rings. The van der Waals surface area contributed by atoms with Gasteiger partial charge in [0, 0.05) is 5.41 Å². The molecule has 3 N–H and O–H groups in total. The molecule has 1 aliphatic rings. The highest BCUT2D eigenvalue weighted by atomic mass is 16.3. The molecule has 1 aliphatic carbocycles. The Kier molecular flexibility index (Phi) is 3.79. The van der Waals surface area contributed by atoms with Gasteiger partial charge in [-0.05, 0) is 36.8 Å². The third kappa shape index (κ3) is 1.98. The Balaban J connectivity index is 2.56. The van der Waals surface area contributed by atoms with Gasteiger partial charge >= 0.3 is 0 Å². The smallest absolute Gasteiger partial charge is 0.123 e. The van der Waals surface area contributed by atoms with Crippen LogP contribution in [0.25, 0.3) is 0 Å². The fourth-order valence-corrected chi connectivity index (χ4v) is 3.68. The van der Waals surface area contributed by atoms with E-state index in [9.17, 15) is 5.11 Å². The number of hydrogen-bond donors (Lipinski definition) is 2. The highest BCUT2D eigenvalue weighted by Crippen LogP contribution is 2.47. The summed E-state index contributed by atoms with van der Waals surface area (Å²) in [6.07, 6.45) is 5.58. The van der Waals surface area contributed by atoms with Crippen molar-refractivity contribution in [1.82, 2.24) is 0 Å². The van der Waals surface area contributed by atoms with Crippen LogP contribution in [0.3, 0.4) is 0 Å². The molecule has 18 heavy (non-hydrogen) atoms. The van der Waals surface area contributed by atoms with E-state index in [1.807, 2.05) is 0 Å². The first-order chi connectivity index (χ1) is 8.57. The summed E-state index contributed by atoms with van der Waals surface area (Å²) in [5, 5.41) is 10.8. The van der Waals surface area contributed by atoms with Gasteiger partial charge < -0.3 is 10.8 Å². The lowest BCUT2D eigenvalue weighted by atomic mass is 9.60. The molecule has 2 nitrogen and oxygen atoms in total. The van der Waals surface area contributed by atoms with E-state index in [0.29, 0.717) is 6.42 Å². The number of rotatable bonds is 4. The molecule has 1 unspecified atom stereocenters. The molecule has 0 saturated carbocycles. The van der Waals surface area contributed by atoms with Gasteiger partial charge in [-0.1, -0.05) is 51.0 Å². The van der Waals surface area contributed by atoms with Crippen molar-refractivity contribution < 1.29 is 5.11 Å². The zero-order valence-corrected chi connectivity index (χ0v) is 11.6. The van der Waals surface area contributed by atoms with Crippen molar-refractivity contribution in [2.75, 3.05) is 0 Å². The first-order valence-electron chi connectivity index (χ1n) is 7.17. The third-order valence-electron chi connectivity index (χ3n) is 4.49. The van der Waals surface area contributed by atoms with Crippen LogP contribution < -0.4 is 5.73 Å². The maximum atomic E-state index is 10.8. The van der Waals surface area contributed by atoms with E-state index in [1.165, 1.54) is 11.1 Å². The number of aryl methyl sites for hydroxylation is 1. The van der Waals surface area contributed by atoms with Gasteiger partial charge in [0.05, 0.1) is 0 Å². The lowest BCUT2D eigenvalue weighted by molar-refractivity contribution is -0.0588. The van der Waals surface area contributed by atoms with E-state index in [2.05, 4.69) is 38.1 Å². The molecular weight excluding hydrogens is 222 g/mol. The van der Waals surface area contributed by atoms with Gasteiger partial charge in [-0.15, -0.1) is 0 Å². The average Bonchev–Trinajstić information content (AvgIpc) is 2.35. The van der Waals surface area contributed by atoms with Crippen LogP contribution in [0.1, 0.15) is 57.1 Å². The summed E-state index contributed by atoms with van der Waals surface area (Å²) in [6, 6.07) is 8.50. The lowest BCUT2D eigenvalue weighted by Gasteiger charge is -2.50. The van der Waals surface area contributed by atoms with Crippen molar-refractivity contribution in [3.63, 3.8) is 0 Å². The Labute approximate surface area is 110 Å². The van der Waals surface area contributed by atoms with E-state index >= 15 is 0 Å². The second kappa shape index (κ2) is 5.02. The van der Waals surface area contributed by atoms with Crippen molar-refractivity contribution in [1.29, 1.82) is 0 Å². The summed E-state index contributed by atoms with van der Waals surface area (Å²) in [6.45, 7) is 4.34. The summed E-state index contributed by atoms with van der Waals surface area (Å²) < 4.78 is 0. The van der Waals surface area contributed by atoms with Crippen LogP contribution in [-0.4, -0.2) is 10.8 Å². The Morgan fingerprint density at radius 1 is 1.17 bits per heavy atom. The van der Waals surface area contributed by atoms with Crippen molar-refractivity contribution >= 4 is 0 Å². The minimum absolute atomic E-state index is 0.259. The van der Waals surface area contributed by atoms with E-state index in [4.69, 9.17) is 5.73 Å². The zero-order valence-electron chi connectivity index (χ0n) is 11.6. The first kappa shape index (κ1) is 13.6. The van der Waals surface area contributed by atoms with Gasteiger partial charge in [-0.3, -0.25) is 0 Å². The zero-order chi connectivity index (χ0) is 13.2. The van der Waals surface area contributed by atoms with Crippen LogP contribution in [0.4, 0.5) is 0 Å². The summed E-state index contributed by atoms with van der Waals surface area (Å²) in [4.78, 5) is 0. The van der Waals surface area contributed by atoms with Crippen molar-refractivity contribution in [2.24, 2.45) is 5.73 Å². The van der Waals surface area contributed by atoms with Crippen LogP contribution in [0.15, 0.2) is 24.3 Å². The van der Waals surface area contributed by atoms with Gasteiger partial charge in [0.25, 0.3) is 0 Å². The molecule has 1 aromatic rings. The summed E-state index contributed by atoms with van der Waals surface area (Å²) in [7, 11) is 0. The molecule has 1 atom stereocenters. The molecule has 0 heterocycles. The Hall–Kier alpha value is -0.860. The van der Waals surface area contributed by atoms with Gasteiger partial charge in [-0.2, -0.15) is 0 Å². The highest BCUT2D eigenvalue weighted by Gasteiger charge is 2.50. The molecule has 0 saturated heterocycles. The molecule has 0 aromatic heterocycles. The SMILES string of the molecule is CCCC1(CCC)c2ccccc2CCC1(N)O. The van der Waals surface area contributed by atoms with Gasteiger partial charge in [0.1, 0.15) is 5.72 Å². The maximum absolute atomic E-state index is 10.8. The number of hydrogen-bond acceptors (Lipinski definition) is 2. The lowest BCUT2D eigenvalue weighted by Crippen LogP contribution is -2.60. The number of fused-ring (bicyclic) bond motifs is 1. The Bertz CT molecular complexity index is 405. The van der Waals surface area contributed by atoms with Crippen molar-refractivity contribution in [3.8, 4) is 0 Å². The second-order valence-corrected chi connectivity index (χ2v) is 5.66. The highest BCUT2D eigenvalue weighted by molar-refractivity contribution is 5.40. The average molecular weight is 247 g/mol. The first-order valence-corrected chi connectivity index (χ1v) is 7.17. The number of aliphatic hydroxyl groups is 1.